The topological polar surface area (TPSA) is 51.5 Å². The average molecular weight is 317 g/mol. The molecule has 0 aliphatic carbocycles. The summed E-state index contributed by atoms with van der Waals surface area (Å²) in [5, 5.41) is 2.57. The van der Waals surface area contributed by atoms with E-state index in [0.29, 0.717) is 20.7 Å². The van der Waals surface area contributed by atoms with Crippen molar-refractivity contribution in [1.82, 2.24) is 5.32 Å². The summed E-state index contributed by atoms with van der Waals surface area (Å²) in [5.41, 5.74) is 0.865. The van der Waals surface area contributed by atoms with Crippen molar-refractivity contribution < 1.29 is 13.9 Å². The molecule has 1 aromatic carbocycles. The highest BCUT2D eigenvalue weighted by Gasteiger charge is 2.22. The molecule has 1 amide bonds. The minimum atomic E-state index is -0.194. The number of furan rings is 1. The molecule has 1 saturated heterocycles. The summed E-state index contributed by atoms with van der Waals surface area (Å²) < 4.78 is 11.5. The molecular weight excluding hydrogens is 306 g/mol. The van der Waals surface area contributed by atoms with E-state index in [4.69, 9.17) is 21.4 Å². The van der Waals surface area contributed by atoms with Gasteiger partial charge in [0.1, 0.15) is 21.6 Å². The lowest BCUT2D eigenvalue weighted by Crippen LogP contribution is -2.17. The number of thioether (sulfide) groups is 1. The summed E-state index contributed by atoms with van der Waals surface area (Å²) in [7, 11) is 1.62. The van der Waals surface area contributed by atoms with Crippen LogP contribution in [0.25, 0.3) is 17.4 Å². The fourth-order valence-electron chi connectivity index (χ4n) is 1.97. The van der Waals surface area contributed by atoms with Crippen molar-refractivity contribution in [2.45, 2.75) is 0 Å². The Morgan fingerprint density at radius 2 is 2.10 bits per heavy atom. The Balaban J connectivity index is 1.92. The van der Waals surface area contributed by atoms with E-state index < -0.39 is 0 Å². The fourth-order valence-corrected chi connectivity index (χ4v) is 3.00. The monoisotopic (exact) mass is 317 g/mol. The van der Waals surface area contributed by atoms with Crippen LogP contribution in [0.5, 0.6) is 5.75 Å². The molecule has 1 aliphatic heterocycles. The standard InChI is InChI=1S/C15H11NO3S2/c1-18-11-5-3-2-4-10(11)12-7-6-9(19-12)8-13-14(17)16-15(20)21-13/h2-8H,1H3,(H,16,17,20)/b13-8-. The van der Waals surface area contributed by atoms with Crippen LogP contribution in [-0.4, -0.2) is 17.3 Å². The number of benzene rings is 1. The highest BCUT2D eigenvalue weighted by Crippen LogP contribution is 2.32. The predicted octanol–water partition coefficient (Wildman–Crippen LogP) is 3.44. The van der Waals surface area contributed by atoms with Crippen LogP contribution in [0.1, 0.15) is 5.76 Å². The molecule has 106 valence electrons. The first-order valence-electron chi connectivity index (χ1n) is 6.15. The lowest BCUT2D eigenvalue weighted by molar-refractivity contribution is -0.115. The summed E-state index contributed by atoms with van der Waals surface area (Å²) >= 11 is 6.18. The Labute approximate surface area is 131 Å². The number of methoxy groups -OCH3 is 1. The quantitative estimate of drug-likeness (QED) is 0.694. The number of hydrogen-bond donors (Lipinski definition) is 1. The molecular formula is C15H11NO3S2. The summed E-state index contributed by atoms with van der Waals surface area (Å²) in [6.45, 7) is 0. The van der Waals surface area contributed by atoms with E-state index in [0.717, 1.165) is 11.3 Å². The van der Waals surface area contributed by atoms with Crippen LogP contribution in [0.3, 0.4) is 0 Å². The van der Waals surface area contributed by atoms with Crippen molar-refractivity contribution in [3.8, 4) is 17.1 Å². The third-order valence-electron chi connectivity index (χ3n) is 2.91. The number of nitrogens with one attached hydrogen (secondary N) is 1. The number of para-hydroxylation sites is 1. The van der Waals surface area contributed by atoms with Crippen LogP contribution >= 0.6 is 24.0 Å². The summed E-state index contributed by atoms with van der Waals surface area (Å²) in [6, 6.07) is 11.3. The van der Waals surface area contributed by atoms with Crippen molar-refractivity contribution >= 4 is 40.3 Å². The summed E-state index contributed by atoms with van der Waals surface area (Å²) in [4.78, 5) is 12.1. The Hall–Kier alpha value is -2.05. The third kappa shape index (κ3) is 2.86. The van der Waals surface area contributed by atoms with Gasteiger partial charge in [0.05, 0.1) is 17.6 Å². The van der Waals surface area contributed by atoms with E-state index in [-0.39, 0.29) is 5.91 Å². The minimum Gasteiger partial charge on any atom is -0.496 e. The maximum Gasteiger partial charge on any atom is 0.263 e. The van der Waals surface area contributed by atoms with Crippen molar-refractivity contribution in [1.29, 1.82) is 0 Å². The van der Waals surface area contributed by atoms with Crippen molar-refractivity contribution in [2.75, 3.05) is 7.11 Å². The van der Waals surface area contributed by atoms with Gasteiger partial charge in [0.25, 0.3) is 5.91 Å². The number of amides is 1. The van der Waals surface area contributed by atoms with E-state index in [1.807, 2.05) is 36.4 Å². The number of hydrogen-bond acceptors (Lipinski definition) is 5. The highest BCUT2D eigenvalue weighted by molar-refractivity contribution is 8.26. The maximum atomic E-state index is 11.6. The predicted molar refractivity (Wildman–Crippen MR) is 87.0 cm³/mol. The van der Waals surface area contributed by atoms with Crippen molar-refractivity contribution in [3.63, 3.8) is 0 Å². The molecule has 0 atom stereocenters. The van der Waals surface area contributed by atoms with Crippen LogP contribution in [0.2, 0.25) is 0 Å². The molecule has 2 aromatic rings. The molecule has 4 nitrogen and oxygen atoms in total. The Bertz CT molecular complexity index is 749. The highest BCUT2D eigenvalue weighted by atomic mass is 32.2. The van der Waals surface area contributed by atoms with Crippen LogP contribution in [-0.2, 0) is 4.79 Å². The molecule has 1 aromatic heterocycles. The maximum absolute atomic E-state index is 11.6. The van der Waals surface area contributed by atoms with E-state index in [9.17, 15) is 4.79 Å². The van der Waals surface area contributed by atoms with Gasteiger partial charge in [-0.3, -0.25) is 4.79 Å². The first-order valence-corrected chi connectivity index (χ1v) is 7.38. The molecule has 2 heterocycles. The summed E-state index contributed by atoms with van der Waals surface area (Å²) in [5.74, 6) is 1.82. The molecule has 0 saturated carbocycles. The van der Waals surface area contributed by atoms with E-state index >= 15 is 0 Å². The normalized spacial score (nSPS) is 16.3. The molecule has 1 N–H and O–H groups in total. The second-order valence-electron chi connectivity index (χ2n) is 4.25. The van der Waals surface area contributed by atoms with Crippen molar-refractivity contribution in [3.05, 3.63) is 47.1 Å². The van der Waals surface area contributed by atoms with Gasteiger partial charge in [-0.25, -0.2) is 0 Å². The largest absolute Gasteiger partial charge is 0.496 e. The van der Waals surface area contributed by atoms with Crippen LogP contribution in [0.15, 0.2) is 45.7 Å². The molecule has 0 unspecified atom stereocenters. The minimum absolute atomic E-state index is 0.194. The number of ether oxygens (including phenoxy) is 1. The molecule has 21 heavy (non-hydrogen) atoms. The second-order valence-corrected chi connectivity index (χ2v) is 5.97. The van der Waals surface area contributed by atoms with Crippen LogP contribution in [0, 0.1) is 0 Å². The Morgan fingerprint density at radius 3 is 2.81 bits per heavy atom. The van der Waals surface area contributed by atoms with E-state index in [1.165, 1.54) is 11.8 Å². The number of thiocarbonyl (C=S) groups is 1. The number of carbonyl (C=O) groups excluding carboxylic acids is 1. The van der Waals surface area contributed by atoms with Crippen LogP contribution < -0.4 is 10.1 Å². The molecule has 0 radical (unpaired) electrons. The molecule has 3 rings (SSSR count). The van der Waals surface area contributed by atoms with Gasteiger partial charge in [-0.2, -0.15) is 0 Å². The van der Waals surface area contributed by atoms with E-state index in [2.05, 4.69) is 5.32 Å². The third-order valence-corrected chi connectivity index (χ3v) is 4.08. The second kappa shape index (κ2) is 5.75. The smallest absolute Gasteiger partial charge is 0.263 e. The van der Waals surface area contributed by atoms with E-state index in [1.54, 1.807) is 13.2 Å². The van der Waals surface area contributed by atoms with Gasteiger partial charge >= 0.3 is 0 Å². The number of rotatable bonds is 3. The zero-order valence-electron chi connectivity index (χ0n) is 11.1. The lowest BCUT2D eigenvalue weighted by atomic mass is 10.1. The van der Waals surface area contributed by atoms with Gasteiger partial charge in [-0.1, -0.05) is 36.1 Å². The molecule has 0 spiro atoms. The summed E-state index contributed by atoms with van der Waals surface area (Å²) in [6.07, 6.45) is 1.68. The molecule has 0 bridgehead atoms. The van der Waals surface area contributed by atoms with Gasteiger partial charge < -0.3 is 14.5 Å². The average Bonchev–Trinajstić information content (AvgIpc) is 3.06. The van der Waals surface area contributed by atoms with Crippen LogP contribution in [0.4, 0.5) is 0 Å². The van der Waals surface area contributed by atoms with Crippen molar-refractivity contribution in [2.24, 2.45) is 0 Å². The zero-order valence-corrected chi connectivity index (χ0v) is 12.7. The van der Waals surface area contributed by atoms with Gasteiger partial charge in [0, 0.05) is 6.08 Å². The molecule has 1 fully saturated rings. The first kappa shape index (κ1) is 13.9. The Kier molecular flexibility index (Phi) is 3.81. The Morgan fingerprint density at radius 1 is 1.29 bits per heavy atom. The SMILES string of the molecule is COc1ccccc1-c1ccc(/C=C2\SC(=S)NC2=O)o1. The fraction of sp³-hybridized carbons (Fsp3) is 0.0667. The molecule has 1 aliphatic rings. The first-order chi connectivity index (χ1) is 10.2. The zero-order chi connectivity index (χ0) is 14.8. The van der Waals surface area contributed by atoms with Gasteiger partial charge in [0.2, 0.25) is 0 Å². The van der Waals surface area contributed by atoms with Gasteiger partial charge in [-0.05, 0) is 24.3 Å². The number of carbonyl (C=O) groups is 1. The van der Waals surface area contributed by atoms with Gasteiger partial charge in [0.15, 0.2) is 0 Å². The lowest BCUT2D eigenvalue weighted by Gasteiger charge is -2.04. The molecule has 6 heteroatoms. The van der Waals surface area contributed by atoms with Gasteiger partial charge in [-0.15, -0.1) is 0 Å².